The van der Waals surface area contributed by atoms with Gasteiger partial charge in [-0.3, -0.25) is 4.90 Å². The summed E-state index contributed by atoms with van der Waals surface area (Å²) in [5, 5.41) is 8.21. The lowest BCUT2D eigenvalue weighted by Crippen LogP contribution is -2.47. The lowest BCUT2D eigenvalue weighted by molar-refractivity contribution is -0.137. The van der Waals surface area contributed by atoms with E-state index in [4.69, 9.17) is 5.73 Å². The van der Waals surface area contributed by atoms with Gasteiger partial charge < -0.3 is 10.6 Å². The van der Waals surface area contributed by atoms with Crippen LogP contribution in [0.1, 0.15) is 5.56 Å². The zero-order valence-corrected chi connectivity index (χ0v) is 15.0. The molecule has 3 rings (SSSR count). The Kier molecular flexibility index (Phi) is 5.70. The first-order valence-corrected chi connectivity index (χ1v) is 9.58. The van der Waals surface area contributed by atoms with Crippen LogP contribution in [0.5, 0.6) is 0 Å². The van der Waals surface area contributed by atoms with Crippen LogP contribution in [0.4, 0.5) is 24.0 Å². The molecule has 25 heavy (non-hydrogen) atoms. The van der Waals surface area contributed by atoms with E-state index in [0.717, 1.165) is 48.9 Å². The van der Waals surface area contributed by atoms with Crippen molar-refractivity contribution in [2.45, 2.75) is 10.5 Å². The number of nitrogens with zero attached hydrogens (tertiary/aromatic N) is 4. The standard InChI is InChI=1S/C15H18F3N5S2/c16-15(17,18)11-2-1-3-12(10-11)23-6-4-22(5-7-23)8-9-24-14-21-20-13(19)25-14/h1-3,10H,4-9H2,(H2,19,20). The zero-order valence-electron chi connectivity index (χ0n) is 13.4. The number of piperazine rings is 1. The fraction of sp³-hybridized carbons (Fsp3) is 0.467. The Balaban J connectivity index is 1.47. The maximum atomic E-state index is 12.8. The number of rotatable bonds is 5. The molecule has 0 unspecified atom stereocenters. The number of anilines is 2. The third-order valence-corrected chi connectivity index (χ3v) is 5.83. The largest absolute Gasteiger partial charge is 0.416 e. The molecule has 1 aromatic carbocycles. The lowest BCUT2D eigenvalue weighted by Gasteiger charge is -2.36. The highest BCUT2D eigenvalue weighted by Gasteiger charge is 2.31. The van der Waals surface area contributed by atoms with Crippen LogP contribution in [-0.2, 0) is 6.18 Å². The average Bonchev–Trinajstić information content (AvgIpc) is 3.00. The van der Waals surface area contributed by atoms with Crippen molar-refractivity contribution in [3.05, 3.63) is 29.8 Å². The quantitative estimate of drug-likeness (QED) is 0.794. The molecule has 0 amide bonds. The van der Waals surface area contributed by atoms with Gasteiger partial charge >= 0.3 is 6.18 Å². The van der Waals surface area contributed by atoms with Gasteiger partial charge in [0.05, 0.1) is 5.56 Å². The second-order valence-electron chi connectivity index (χ2n) is 5.63. The van der Waals surface area contributed by atoms with E-state index in [1.54, 1.807) is 17.8 Å². The second kappa shape index (κ2) is 7.79. The van der Waals surface area contributed by atoms with Gasteiger partial charge in [-0.15, -0.1) is 10.2 Å². The van der Waals surface area contributed by atoms with Crippen LogP contribution in [0.15, 0.2) is 28.6 Å². The molecule has 0 saturated carbocycles. The van der Waals surface area contributed by atoms with Gasteiger partial charge in [0.15, 0.2) is 4.34 Å². The minimum absolute atomic E-state index is 0.470. The molecule has 2 aromatic rings. The fourth-order valence-corrected chi connectivity index (χ4v) is 4.36. The van der Waals surface area contributed by atoms with E-state index in [9.17, 15) is 13.2 Å². The van der Waals surface area contributed by atoms with Crippen molar-refractivity contribution in [2.75, 3.05) is 49.1 Å². The van der Waals surface area contributed by atoms with E-state index in [1.165, 1.54) is 23.5 Å². The third-order valence-electron chi connectivity index (χ3n) is 3.97. The first kappa shape index (κ1) is 18.3. The maximum absolute atomic E-state index is 12.8. The number of hydrogen-bond acceptors (Lipinski definition) is 7. The molecule has 2 N–H and O–H groups in total. The Hall–Kier alpha value is -1.52. The molecule has 10 heteroatoms. The summed E-state index contributed by atoms with van der Waals surface area (Å²) in [6.07, 6.45) is -4.30. The van der Waals surface area contributed by atoms with Crippen LogP contribution in [-0.4, -0.2) is 53.6 Å². The number of alkyl halides is 3. The van der Waals surface area contributed by atoms with Gasteiger partial charge in [-0.25, -0.2) is 0 Å². The monoisotopic (exact) mass is 389 g/mol. The molecule has 0 radical (unpaired) electrons. The smallest absolute Gasteiger partial charge is 0.374 e. The van der Waals surface area contributed by atoms with Crippen molar-refractivity contribution in [1.82, 2.24) is 15.1 Å². The fourth-order valence-electron chi connectivity index (χ4n) is 2.65. The first-order chi connectivity index (χ1) is 11.9. The van der Waals surface area contributed by atoms with Gasteiger partial charge in [-0.1, -0.05) is 29.2 Å². The highest BCUT2D eigenvalue weighted by atomic mass is 32.2. The van der Waals surface area contributed by atoms with Crippen molar-refractivity contribution >= 4 is 33.9 Å². The molecule has 0 aliphatic carbocycles. The SMILES string of the molecule is Nc1nnc(SCCN2CCN(c3cccc(C(F)(F)F)c3)CC2)s1. The van der Waals surface area contributed by atoms with E-state index < -0.39 is 11.7 Å². The first-order valence-electron chi connectivity index (χ1n) is 7.78. The number of nitrogen functional groups attached to an aromatic ring is 1. The van der Waals surface area contributed by atoms with Crippen molar-refractivity contribution in [1.29, 1.82) is 0 Å². The molecule has 1 saturated heterocycles. The highest BCUT2D eigenvalue weighted by Crippen LogP contribution is 2.32. The summed E-state index contributed by atoms with van der Waals surface area (Å²) in [6, 6.07) is 5.54. The van der Waals surface area contributed by atoms with Crippen LogP contribution < -0.4 is 10.6 Å². The second-order valence-corrected chi connectivity index (χ2v) is 7.98. The van der Waals surface area contributed by atoms with Crippen LogP contribution in [0.2, 0.25) is 0 Å². The summed E-state index contributed by atoms with van der Waals surface area (Å²) in [4.78, 5) is 4.31. The molecule has 1 fully saturated rings. The van der Waals surface area contributed by atoms with E-state index in [2.05, 4.69) is 15.1 Å². The number of nitrogens with two attached hydrogens (primary N) is 1. The van der Waals surface area contributed by atoms with E-state index in [0.29, 0.717) is 10.8 Å². The van der Waals surface area contributed by atoms with Crippen molar-refractivity contribution < 1.29 is 13.2 Å². The van der Waals surface area contributed by atoms with Crippen LogP contribution >= 0.6 is 23.1 Å². The van der Waals surface area contributed by atoms with Gasteiger partial charge in [0.2, 0.25) is 5.13 Å². The molecule has 0 bridgehead atoms. The van der Waals surface area contributed by atoms with Gasteiger partial charge in [-0.05, 0) is 18.2 Å². The van der Waals surface area contributed by atoms with Gasteiger partial charge in [0.1, 0.15) is 0 Å². The Morgan fingerprint density at radius 3 is 2.56 bits per heavy atom. The third kappa shape index (κ3) is 4.99. The average molecular weight is 389 g/mol. The molecule has 0 atom stereocenters. The van der Waals surface area contributed by atoms with Crippen molar-refractivity contribution in [3.8, 4) is 0 Å². The predicted molar refractivity (Wildman–Crippen MR) is 95.1 cm³/mol. The number of hydrogen-bond donors (Lipinski definition) is 1. The van der Waals surface area contributed by atoms with Crippen LogP contribution in [0, 0.1) is 0 Å². The van der Waals surface area contributed by atoms with E-state index in [-0.39, 0.29) is 0 Å². The minimum Gasteiger partial charge on any atom is -0.374 e. The number of halogens is 3. The Morgan fingerprint density at radius 2 is 1.92 bits per heavy atom. The maximum Gasteiger partial charge on any atom is 0.416 e. The van der Waals surface area contributed by atoms with E-state index in [1.807, 2.05) is 4.90 Å². The molecule has 1 aliphatic heterocycles. The molecule has 136 valence electrons. The summed E-state index contributed by atoms with van der Waals surface area (Å²) in [5.41, 5.74) is 5.58. The number of thioether (sulfide) groups is 1. The lowest BCUT2D eigenvalue weighted by atomic mass is 10.1. The van der Waals surface area contributed by atoms with Gasteiger partial charge in [0.25, 0.3) is 0 Å². The van der Waals surface area contributed by atoms with Crippen molar-refractivity contribution in [2.24, 2.45) is 0 Å². The molecule has 1 aromatic heterocycles. The summed E-state index contributed by atoms with van der Waals surface area (Å²) in [6.45, 7) is 4.00. The van der Waals surface area contributed by atoms with Crippen LogP contribution in [0.3, 0.4) is 0 Å². The molecule has 0 spiro atoms. The molecular weight excluding hydrogens is 371 g/mol. The number of benzene rings is 1. The molecule has 1 aliphatic rings. The van der Waals surface area contributed by atoms with Crippen molar-refractivity contribution in [3.63, 3.8) is 0 Å². The topological polar surface area (TPSA) is 58.3 Å². The Bertz CT molecular complexity index is 698. The molecule has 5 nitrogen and oxygen atoms in total. The summed E-state index contributed by atoms with van der Waals surface area (Å²) in [7, 11) is 0. The Morgan fingerprint density at radius 1 is 1.16 bits per heavy atom. The van der Waals surface area contributed by atoms with Gasteiger partial charge in [0, 0.05) is 44.2 Å². The zero-order chi connectivity index (χ0) is 17.9. The normalized spacial score (nSPS) is 16.4. The van der Waals surface area contributed by atoms with Gasteiger partial charge in [-0.2, -0.15) is 13.2 Å². The minimum atomic E-state index is -4.30. The predicted octanol–water partition coefficient (Wildman–Crippen LogP) is 3.05. The van der Waals surface area contributed by atoms with E-state index >= 15 is 0 Å². The summed E-state index contributed by atoms with van der Waals surface area (Å²) in [5.74, 6) is 0.887. The summed E-state index contributed by atoms with van der Waals surface area (Å²) >= 11 is 3.00. The number of aromatic nitrogens is 2. The van der Waals surface area contributed by atoms with Crippen LogP contribution in [0.25, 0.3) is 0 Å². The summed E-state index contributed by atoms with van der Waals surface area (Å²) < 4.78 is 39.4. The Labute approximate surface area is 152 Å². The molecule has 2 heterocycles. The molecular formula is C15H18F3N5S2. The highest BCUT2D eigenvalue weighted by molar-refractivity contribution is 8.01.